The number of benzene rings is 1. The molecule has 0 aliphatic carbocycles. The van der Waals surface area contributed by atoms with Gasteiger partial charge >= 0.3 is 0 Å². The van der Waals surface area contributed by atoms with Crippen LogP contribution < -0.4 is 10.6 Å². The van der Waals surface area contributed by atoms with Crippen molar-refractivity contribution in [3.05, 3.63) is 53.7 Å². The van der Waals surface area contributed by atoms with Gasteiger partial charge in [-0.1, -0.05) is 19.1 Å². The van der Waals surface area contributed by atoms with Crippen LogP contribution in [0.4, 0.5) is 11.5 Å². The summed E-state index contributed by atoms with van der Waals surface area (Å²) in [7, 11) is 0. The Kier molecular flexibility index (Phi) is 4.13. The minimum absolute atomic E-state index is 0.211. The van der Waals surface area contributed by atoms with Crippen molar-refractivity contribution in [1.29, 1.82) is 5.41 Å². The van der Waals surface area contributed by atoms with E-state index in [4.69, 9.17) is 5.41 Å². The first-order valence-electron chi connectivity index (χ1n) is 6.31. The van der Waals surface area contributed by atoms with E-state index in [0.717, 1.165) is 17.7 Å². The van der Waals surface area contributed by atoms with Crippen molar-refractivity contribution < 1.29 is 0 Å². The van der Waals surface area contributed by atoms with E-state index >= 15 is 0 Å². The molecule has 3 N–H and O–H groups in total. The summed E-state index contributed by atoms with van der Waals surface area (Å²) in [6.07, 6.45) is 2.74. The van der Waals surface area contributed by atoms with Crippen LogP contribution in [0.1, 0.15) is 18.1 Å². The molecule has 0 saturated heterocycles. The largest absolute Gasteiger partial charge is 0.326 e. The zero-order chi connectivity index (χ0) is 13.7. The van der Waals surface area contributed by atoms with Gasteiger partial charge < -0.3 is 10.6 Å². The molecule has 4 nitrogen and oxygen atoms in total. The highest BCUT2D eigenvalue weighted by Gasteiger charge is 2.00. The lowest BCUT2D eigenvalue weighted by Crippen LogP contribution is -2.21. The quantitative estimate of drug-likeness (QED) is 0.581. The van der Waals surface area contributed by atoms with Crippen LogP contribution in [0.5, 0.6) is 0 Å². The first kappa shape index (κ1) is 13.1. The van der Waals surface area contributed by atoms with Gasteiger partial charge in [-0.05, 0) is 48.7 Å². The topological polar surface area (TPSA) is 60.8 Å². The highest BCUT2D eigenvalue weighted by atomic mass is 15.2. The number of aryl methyl sites for hydroxylation is 2. The van der Waals surface area contributed by atoms with Gasteiger partial charge in [0.1, 0.15) is 5.82 Å². The summed E-state index contributed by atoms with van der Waals surface area (Å²) >= 11 is 0. The van der Waals surface area contributed by atoms with Crippen molar-refractivity contribution in [2.75, 3.05) is 10.6 Å². The van der Waals surface area contributed by atoms with E-state index in [0.29, 0.717) is 5.82 Å². The molecule has 0 fully saturated rings. The van der Waals surface area contributed by atoms with Gasteiger partial charge in [0.15, 0.2) is 5.96 Å². The Balaban J connectivity index is 1.97. The molecule has 2 aromatic rings. The van der Waals surface area contributed by atoms with Crippen molar-refractivity contribution in [3.63, 3.8) is 0 Å². The number of nitrogens with zero attached hydrogens (tertiary/aromatic N) is 1. The van der Waals surface area contributed by atoms with Crippen molar-refractivity contribution in [3.8, 4) is 0 Å². The summed E-state index contributed by atoms with van der Waals surface area (Å²) in [5, 5.41) is 13.8. The van der Waals surface area contributed by atoms with Crippen molar-refractivity contribution in [2.45, 2.75) is 20.3 Å². The number of hydrogen-bond donors (Lipinski definition) is 3. The normalized spacial score (nSPS) is 10.0. The third kappa shape index (κ3) is 3.81. The molecule has 2 rings (SSSR count). The molecule has 19 heavy (non-hydrogen) atoms. The summed E-state index contributed by atoms with van der Waals surface area (Å²) in [5.41, 5.74) is 3.28. The van der Waals surface area contributed by atoms with Crippen molar-refractivity contribution >= 4 is 17.5 Å². The molecule has 1 aromatic heterocycles. The van der Waals surface area contributed by atoms with E-state index in [1.165, 1.54) is 5.56 Å². The lowest BCUT2D eigenvalue weighted by molar-refractivity contribution is 1.14. The third-order valence-electron chi connectivity index (χ3n) is 2.80. The van der Waals surface area contributed by atoms with Gasteiger partial charge in [-0.2, -0.15) is 0 Å². The molecule has 1 aromatic carbocycles. The first-order chi connectivity index (χ1) is 9.17. The minimum Gasteiger partial charge on any atom is -0.326 e. The average molecular weight is 254 g/mol. The third-order valence-corrected chi connectivity index (χ3v) is 2.80. The minimum atomic E-state index is 0.211. The molecular formula is C15H18N4. The van der Waals surface area contributed by atoms with Crippen LogP contribution in [0.15, 0.2) is 42.6 Å². The van der Waals surface area contributed by atoms with E-state index in [1.807, 2.05) is 31.2 Å². The fourth-order valence-electron chi connectivity index (χ4n) is 1.73. The molecule has 0 unspecified atom stereocenters. The highest BCUT2D eigenvalue weighted by molar-refractivity contribution is 6.00. The molecule has 0 bridgehead atoms. The molecule has 0 aliphatic rings. The molecule has 1 heterocycles. The van der Waals surface area contributed by atoms with Gasteiger partial charge in [-0.15, -0.1) is 0 Å². The van der Waals surface area contributed by atoms with Crippen LogP contribution in [-0.4, -0.2) is 10.9 Å². The maximum absolute atomic E-state index is 7.87. The monoisotopic (exact) mass is 254 g/mol. The SMILES string of the molecule is CCc1ccc(NC(=N)Nc2cc(C)ccn2)cc1. The molecule has 0 spiro atoms. The second-order valence-electron chi connectivity index (χ2n) is 4.39. The molecule has 0 aliphatic heterocycles. The Hall–Kier alpha value is -2.36. The number of aromatic nitrogens is 1. The van der Waals surface area contributed by atoms with Gasteiger partial charge in [-0.3, -0.25) is 5.41 Å². The first-order valence-corrected chi connectivity index (χ1v) is 6.31. The predicted molar refractivity (Wildman–Crippen MR) is 79.8 cm³/mol. The zero-order valence-electron chi connectivity index (χ0n) is 11.2. The molecule has 0 amide bonds. The molecule has 0 saturated carbocycles. The number of pyridine rings is 1. The van der Waals surface area contributed by atoms with Gasteiger partial charge in [0, 0.05) is 11.9 Å². The second kappa shape index (κ2) is 6.00. The molecule has 4 heteroatoms. The number of hydrogen-bond acceptors (Lipinski definition) is 2. The Morgan fingerprint density at radius 2 is 1.89 bits per heavy atom. The van der Waals surface area contributed by atoms with Gasteiger partial charge in [0.2, 0.25) is 0 Å². The number of guanidine groups is 1. The van der Waals surface area contributed by atoms with Gasteiger partial charge in [0.05, 0.1) is 0 Å². The van der Waals surface area contributed by atoms with Crippen LogP contribution in [0.2, 0.25) is 0 Å². The zero-order valence-corrected chi connectivity index (χ0v) is 11.2. The summed E-state index contributed by atoms with van der Waals surface area (Å²) in [5.74, 6) is 0.880. The molecular weight excluding hydrogens is 236 g/mol. The van der Waals surface area contributed by atoms with Crippen LogP contribution in [0.3, 0.4) is 0 Å². The Bertz CT molecular complexity index is 561. The fourth-order valence-corrected chi connectivity index (χ4v) is 1.73. The number of rotatable bonds is 3. The summed E-state index contributed by atoms with van der Waals surface area (Å²) in [6.45, 7) is 4.11. The Labute approximate surface area is 113 Å². The smallest absolute Gasteiger partial charge is 0.198 e. The number of anilines is 2. The molecule has 0 atom stereocenters. The van der Waals surface area contributed by atoms with Crippen molar-refractivity contribution in [1.82, 2.24) is 4.98 Å². The number of nitrogens with one attached hydrogen (secondary N) is 3. The standard InChI is InChI=1S/C15H18N4/c1-3-12-4-6-13(7-5-12)18-15(16)19-14-10-11(2)8-9-17-14/h4-10H,3H2,1-2H3,(H3,16,17,18,19). The van der Waals surface area contributed by atoms with E-state index < -0.39 is 0 Å². The van der Waals surface area contributed by atoms with Crippen LogP contribution in [0, 0.1) is 12.3 Å². The lowest BCUT2D eigenvalue weighted by atomic mass is 10.1. The maximum Gasteiger partial charge on any atom is 0.198 e. The molecule has 98 valence electrons. The highest BCUT2D eigenvalue weighted by Crippen LogP contribution is 2.11. The van der Waals surface area contributed by atoms with E-state index in [2.05, 4.69) is 34.7 Å². The van der Waals surface area contributed by atoms with E-state index in [9.17, 15) is 0 Å². The van der Waals surface area contributed by atoms with Crippen LogP contribution in [-0.2, 0) is 6.42 Å². The van der Waals surface area contributed by atoms with Gasteiger partial charge in [0.25, 0.3) is 0 Å². The average Bonchev–Trinajstić information content (AvgIpc) is 2.39. The van der Waals surface area contributed by atoms with Crippen LogP contribution in [0.25, 0.3) is 0 Å². The molecule has 0 radical (unpaired) electrons. The summed E-state index contributed by atoms with van der Waals surface area (Å²) < 4.78 is 0. The summed E-state index contributed by atoms with van der Waals surface area (Å²) in [6, 6.07) is 11.9. The predicted octanol–water partition coefficient (Wildman–Crippen LogP) is 3.41. The van der Waals surface area contributed by atoms with E-state index in [1.54, 1.807) is 6.20 Å². The Morgan fingerprint density at radius 1 is 1.16 bits per heavy atom. The van der Waals surface area contributed by atoms with Crippen LogP contribution >= 0.6 is 0 Å². The van der Waals surface area contributed by atoms with E-state index in [-0.39, 0.29) is 5.96 Å². The van der Waals surface area contributed by atoms with Gasteiger partial charge in [-0.25, -0.2) is 4.98 Å². The second-order valence-corrected chi connectivity index (χ2v) is 4.39. The summed E-state index contributed by atoms with van der Waals surface area (Å²) in [4.78, 5) is 4.16. The lowest BCUT2D eigenvalue weighted by Gasteiger charge is -2.10. The van der Waals surface area contributed by atoms with Crippen molar-refractivity contribution in [2.24, 2.45) is 0 Å². The Morgan fingerprint density at radius 3 is 2.53 bits per heavy atom. The fraction of sp³-hybridized carbons (Fsp3) is 0.200. The maximum atomic E-state index is 7.87.